The first-order valence-electron chi connectivity index (χ1n) is 6.70. The molecular weight excluding hydrogens is 251 g/mol. The van der Waals surface area contributed by atoms with Crippen molar-refractivity contribution in [1.29, 1.82) is 0 Å². The number of rotatable bonds is 4. The predicted molar refractivity (Wildman–Crippen MR) is 69.3 cm³/mol. The molecule has 0 fully saturated rings. The summed E-state index contributed by atoms with van der Waals surface area (Å²) in [5, 5.41) is 3.22. The highest BCUT2D eigenvalue weighted by atomic mass is 19.2. The lowest BCUT2D eigenvalue weighted by molar-refractivity contribution is 0.441. The van der Waals surface area contributed by atoms with E-state index in [4.69, 9.17) is 0 Å². The van der Waals surface area contributed by atoms with Gasteiger partial charge in [0.15, 0.2) is 17.5 Å². The van der Waals surface area contributed by atoms with Crippen molar-refractivity contribution >= 4 is 0 Å². The Balaban J connectivity index is 2.35. The Morgan fingerprint density at radius 3 is 2.37 bits per heavy atom. The highest BCUT2D eigenvalue weighted by Crippen LogP contribution is 2.31. The fourth-order valence-corrected chi connectivity index (χ4v) is 2.53. The third-order valence-corrected chi connectivity index (χ3v) is 3.44. The molecule has 0 spiro atoms. The Morgan fingerprint density at radius 2 is 1.84 bits per heavy atom. The number of likely N-dealkylation sites (N-methyl/N-ethyl adjacent to an activating group) is 1. The molecular formula is C15H18F3N. The summed E-state index contributed by atoms with van der Waals surface area (Å²) in [5.74, 6) is -3.67. The lowest BCUT2D eigenvalue weighted by atomic mass is 9.89. The van der Waals surface area contributed by atoms with E-state index in [2.05, 4.69) is 11.4 Å². The average molecular weight is 269 g/mol. The van der Waals surface area contributed by atoms with Gasteiger partial charge in [-0.3, -0.25) is 0 Å². The molecule has 0 aliphatic heterocycles. The SMILES string of the molecule is CCNC(C1=CCCCC1)c1cc(F)c(F)c(F)c1. The summed E-state index contributed by atoms with van der Waals surface area (Å²) >= 11 is 0. The topological polar surface area (TPSA) is 12.0 Å². The predicted octanol–water partition coefficient (Wildman–Crippen LogP) is 4.25. The summed E-state index contributed by atoms with van der Waals surface area (Å²) in [5.41, 5.74) is 1.59. The van der Waals surface area contributed by atoms with E-state index >= 15 is 0 Å². The van der Waals surface area contributed by atoms with Crippen molar-refractivity contribution in [3.63, 3.8) is 0 Å². The van der Waals surface area contributed by atoms with Gasteiger partial charge in [-0.25, -0.2) is 13.2 Å². The van der Waals surface area contributed by atoms with Crippen LogP contribution in [0.1, 0.15) is 44.2 Å². The first-order valence-corrected chi connectivity index (χ1v) is 6.70. The number of hydrogen-bond acceptors (Lipinski definition) is 1. The third-order valence-electron chi connectivity index (χ3n) is 3.44. The van der Waals surface area contributed by atoms with Crippen LogP contribution in [0.4, 0.5) is 13.2 Å². The monoisotopic (exact) mass is 269 g/mol. The molecule has 1 aliphatic rings. The molecule has 1 unspecified atom stereocenters. The first-order chi connectivity index (χ1) is 9.13. The summed E-state index contributed by atoms with van der Waals surface area (Å²) < 4.78 is 39.7. The molecule has 1 aliphatic carbocycles. The zero-order chi connectivity index (χ0) is 13.8. The Labute approximate surface area is 111 Å². The third kappa shape index (κ3) is 3.18. The van der Waals surface area contributed by atoms with Crippen LogP contribution < -0.4 is 5.32 Å². The van der Waals surface area contributed by atoms with Crippen molar-refractivity contribution in [3.8, 4) is 0 Å². The quantitative estimate of drug-likeness (QED) is 0.636. The molecule has 1 nitrogen and oxygen atoms in total. The van der Waals surface area contributed by atoms with Gasteiger partial charge in [-0.05, 0) is 49.9 Å². The second-order valence-electron chi connectivity index (χ2n) is 4.81. The Kier molecular flexibility index (Phi) is 4.64. The van der Waals surface area contributed by atoms with Crippen molar-refractivity contribution in [1.82, 2.24) is 5.32 Å². The molecule has 0 saturated carbocycles. The maximum atomic E-state index is 13.3. The molecule has 1 aromatic carbocycles. The molecule has 4 heteroatoms. The lowest BCUT2D eigenvalue weighted by Gasteiger charge is -2.24. The minimum atomic E-state index is -1.41. The maximum absolute atomic E-state index is 13.3. The van der Waals surface area contributed by atoms with Crippen LogP contribution in [0, 0.1) is 17.5 Å². The molecule has 1 atom stereocenters. The van der Waals surface area contributed by atoms with Crippen LogP contribution in [0.25, 0.3) is 0 Å². The van der Waals surface area contributed by atoms with Gasteiger partial charge >= 0.3 is 0 Å². The molecule has 104 valence electrons. The van der Waals surface area contributed by atoms with Crippen LogP contribution in [-0.2, 0) is 0 Å². The Morgan fingerprint density at radius 1 is 1.16 bits per heavy atom. The first kappa shape index (κ1) is 14.1. The zero-order valence-corrected chi connectivity index (χ0v) is 11.0. The van der Waals surface area contributed by atoms with Crippen molar-refractivity contribution in [2.45, 2.75) is 38.6 Å². The van der Waals surface area contributed by atoms with E-state index in [1.807, 2.05) is 6.92 Å². The van der Waals surface area contributed by atoms with Crippen molar-refractivity contribution in [2.75, 3.05) is 6.54 Å². The molecule has 0 bridgehead atoms. The Hall–Kier alpha value is -1.29. The maximum Gasteiger partial charge on any atom is 0.194 e. The van der Waals surface area contributed by atoms with Crippen molar-refractivity contribution in [2.24, 2.45) is 0 Å². The number of benzene rings is 1. The molecule has 1 aromatic rings. The van der Waals surface area contributed by atoms with Gasteiger partial charge in [0.2, 0.25) is 0 Å². The van der Waals surface area contributed by atoms with Gasteiger partial charge in [0.05, 0.1) is 6.04 Å². The van der Waals surface area contributed by atoms with Gasteiger partial charge in [0.1, 0.15) is 0 Å². The van der Waals surface area contributed by atoms with Crippen LogP contribution in [0.15, 0.2) is 23.8 Å². The van der Waals surface area contributed by atoms with Crippen LogP contribution in [-0.4, -0.2) is 6.54 Å². The summed E-state index contributed by atoms with van der Waals surface area (Å²) in [6.07, 6.45) is 6.26. The van der Waals surface area contributed by atoms with Crippen molar-refractivity contribution < 1.29 is 13.2 Å². The number of nitrogens with one attached hydrogen (secondary N) is 1. The van der Waals surface area contributed by atoms with E-state index in [-0.39, 0.29) is 6.04 Å². The zero-order valence-electron chi connectivity index (χ0n) is 11.0. The minimum Gasteiger partial charge on any atom is -0.307 e. The van der Waals surface area contributed by atoms with Gasteiger partial charge in [0.25, 0.3) is 0 Å². The standard InChI is InChI=1S/C15H18F3N/c1-2-19-15(10-6-4-3-5-7-10)11-8-12(16)14(18)13(17)9-11/h6,8-9,15,19H,2-5,7H2,1H3. The highest BCUT2D eigenvalue weighted by molar-refractivity contribution is 5.30. The molecule has 0 radical (unpaired) electrons. The summed E-state index contributed by atoms with van der Waals surface area (Å²) in [6.45, 7) is 2.62. The molecule has 2 rings (SSSR count). The minimum absolute atomic E-state index is 0.227. The van der Waals surface area contributed by atoms with E-state index in [1.165, 1.54) is 0 Å². The van der Waals surface area contributed by atoms with E-state index in [1.54, 1.807) is 0 Å². The number of halogens is 3. The van der Waals surface area contributed by atoms with Crippen molar-refractivity contribution in [3.05, 3.63) is 46.8 Å². The molecule has 19 heavy (non-hydrogen) atoms. The average Bonchev–Trinajstić information content (AvgIpc) is 2.42. The lowest BCUT2D eigenvalue weighted by Crippen LogP contribution is -2.24. The largest absolute Gasteiger partial charge is 0.307 e. The van der Waals surface area contributed by atoms with E-state index in [0.717, 1.165) is 43.4 Å². The highest BCUT2D eigenvalue weighted by Gasteiger charge is 2.20. The van der Waals surface area contributed by atoms with Gasteiger partial charge in [-0.15, -0.1) is 0 Å². The van der Waals surface area contributed by atoms with Gasteiger partial charge in [0, 0.05) is 0 Å². The number of allylic oxidation sites excluding steroid dienone is 1. The smallest absolute Gasteiger partial charge is 0.194 e. The number of hydrogen-bond donors (Lipinski definition) is 1. The fourth-order valence-electron chi connectivity index (χ4n) is 2.53. The van der Waals surface area contributed by atoms with Crippen LogP contribution in [0.3, 0.4) is 0 Å². The van der Waals surface area contributed by atoms with Crippen LogP contribution >= 0.6 is 0 Å². The Bertz CT molecular complexity index is 459. The molecule has 0 heterocycles. The van der Waals surface area contributed by atoms with Crippen LogP contribution in [0.2, 0.25) is 0 Å². The molecule has 1 N–H and O–H groups in total. The van der Waals surface area contributed by atoms with E-state index in [9.17, 15) is 13.2 Å². The second kappa shape index (κ2) is 6.24. The van der Waals surface area contributed by atoms with Gasteiger partial charge < -0.3 is 5.32 Å². The van der Waals surface area contributed by atoms with E-state index < -0.39 is 17.5 Å². The summed E-state index contributed by atoms with van der Waals surface area (Å²) in [7, 11) is 0. The summed E-state index contributed by atoms with van der Waals surface area (Å²) in [4.78, 5) is 0. The fraction of sp³-hybridized carbons (Fsp3) is 0.467. The van der Waals surface area contributed by atoms with Gasteiger partial charge in [-0.2, -0.15) is 0 Å². The van der Waals surface area contributed by atoms with E-state index in [0.29, 0.717) is 12.1 Å². The van der Waals surface area contributed by atoms with Crippen LogP contribution in [0.5, 0.6) is 0 Å². The normalized spacial score (nSPS) is 17.2. The molecule has 0 aromatic heterocycles. The summed E-state index contributed by atoms with van der Waals surface area (Å²) in [6, 6.07) is 1.94. The second-order valence-corrected chi connectivity index (χ2v) is 4.81. The van der Waals surface area contributed by atoms with Gasteiger partial charge in [-0.1, -0.05) is 18.6 Å². The molecule has 0 amide bonds. The molecule has 0 saturated heterocycles.